The molecule has 0 aliphatic carbocycles. The van der Waals surface area contributed by atoms with Crippen molar-refractivity contribution in [3.05, 3.63) is 42.6 Å². The van der Waals surface area contributed by atoms with E-state index in [0.29, 0.717) is 16.6 Å². The van der Waals surface area contributed by atoms with E-state index >= 15 is 0 Å². The number of amides is 1. The molecule has 0 radical (unpaired) electrons. The van der Waals surface area contributed by atoms with Crippen molar-refractivity contribution < 1.29 is 25.2 Å². The second-order valence-electron chi connectivity index (χ2n) is 6.70. The fourth-order valence-corrected chi connectivity index (χ4v) is 2.45. The molecular formula is C18H20F4N6O. The topological polar surface area (TPSA) is 92.7 Å². The maximum atomic E-state index is 14.2. The first-order valence-electron chi connectivity index (χ1n) is 8.42. The monoisotopic (exact) mass is 412 g/mol. The maximum Gasteiger partial charge on any atom is 0.405 e. The Balaban J connectivity index is 0.00000240. The van der Waals surface area contributed by atoms with E-state index < -0.39 is 30.0 Å². The fraction of sp³-hybridized carbons (Fsp3) is 0.278. The summed E-state index contributed by atoms with van der Waals surface area (Å²) < 4.78 is 51.2. The van der Waals surface area contributed by atoms with Crippen LogP contribution in [0.15, 0.2) is 36.8 Å². The van der Waals surface area contributed by atoms with Gasteiger partial charge >= 0.3 is 6.18 Å². The van der Waals surface area contributed by atoms with E-state index in [-0.39, 0.29) is 14.5 Å². The normalized spacial score (nSPS) is 12.1. The number of fused-ring (bicyclic) bond motifs is 1. The Bertz CT molecular complexity index is 1060. The molecule has 3 rings (SSSR count). The van der Waals surface area contributed by atoms with E-state index in [0.717, 1.165) is 6.20 Å². The van der Waals surface area contributed by atoms with Gasteiger partial charge < -0.3 is 10.6 Å². The van der Waals surface area contributed by atoms with Crippen LogP contribution in [-0.2, 0) is 4.79 Å². The zero-order valence-electron chi connectivity index (χ0n) is 15.4. The zero-order chi connectivity index (χ0) is 21.2. The molecule has 0 unspecified atom stereocenters. The van der Waals surface area contributed by atoms with Gasteiger partial charge in [0.2, 0.25) is 5.91 Å². The van der Waals surface area contributed by atoms with Crippen LogP contribution >= 0.6 is 0 Å². The molecule has 0 saturated carbocycles. The predicted molar refractivity (Wildman–Crippen MR) is 102 cm³/mol. The second-order valence-corrected chi connectivity index (χ2v) is 6.70. The lowest BCUT2D eigenvalue weighted by Crippen LogP contribution is -2.50. The number of hydrogen-bond acceptors (Lipinski definition) is 6. The molecule has 0 bridgehead atoms. The lowest BCUT2D eigenvalue weighted by molar-refractivity contribution is -0.140. The number of carbonyl (C=O) groups excluding carboxylic acids is 1. The standard InChI is InChI=1S/C18H16F4N6O.2H2/c1-17(2,16(29)26-9-18(20,21)22)28-15-11(19)8-25-14(27-15)10-3-4-12-13(7-10)24-6-5-23-12;;/h3-8H,9H2,1-2H3,(H,26,29)(H,25,27,28);2*1H. The van der Waals surface area contributed by atoms with Crippen molar-refractivity contribution in [2.45, 2.75) is 25.6 Å². The predicted octanol–water partition coefficient (Wildman–Crippen LogP) is 3.59. The van der Waals surface area contributed by atoms with Gasteiger partial charge in [-0.05, 0) is 32.0 Å². The van der Waals surface area contributed by atoms with Crippen molar-refractivity contribution in [1.82, 2.24) is 25.3 Å². The number of halogens is 4. The summed E-state index contributed by atoms with van der Waals surface area (Å²) in [6.45, 7) is 1.13. The van der Waals surface area contributed by atoms with Crippen LogP contribution in [-0.4, -0.2) is 44.1 Å². The number of carbonyl (C=O) groups is 1. The Kier molecular flexibility index (Phi) is 5.31. The summed E-state index contributed by atoms with van der Waals surface area (Å²) in [5.74, 6) is -1.99. The minimum absolute atomic E-state index is 0. The minimum Gasteiger partial charge on any atom is -0.354 e. The minimum atomic E-state index is -4.56. The molecule has 2 N–H and O–H groups in total. The summed E-state index contributed by atoms with van der Waals surface area (Å²) >= 11 is 0. The number of aromatic nitrogens is 4. The molecule has 0 aliphatic heterocycles. The third-order valence-corrected chi connectivity index (χ3v) is 3.92. The number of nitrogens with zero attached hydrogens (tertiary/aromatic N) is 4. The molecule has 0 atom stereocenters. The largest absolute Gasteiger partial charge is 0.405 e. The van der Waals surface area contributed by atoms with Crippen LogP contribution < -0.4 is 10.6 Å². The number of alkyl halides is 3. The Morgan fingerprint density at radius 2 is 1.79 bits per heavy atom. The molecule has 7 nitrogen and oxygen atoms in total. The van der Waals surface area contributed by atoms with E-state index in [2.05, 4.69) is 25.3 Å². The number of nitrogens with one attached hydrogen (secondary N) is 2. The Hall–Kier alpha value is -3.37. The SMILES string of the molecule is CC(C)(Nc1nc(-c2ccc3nccnc3c2)ncc1F)C(=O)NCC(F)(F)F.[HH].[HH]. The van der Waals surface area contributed by atoms with Crippen molar-refractivity contribution in [3.63, 3.8) is 0 Å². The number of anilines is 1. The Morgan fingerprint density at radius 3 is 2.48 bits per heavy atom. The van der Waals surface area contributed by atoms with Crippen molar-refractivity contribution in [2.75, 3.05) is 11.9 Å². The van der Waals surface area contributed by atoms with E-state index in [9.17, 15) is 22.4 Å². The van der Waals surface area contributed by atoms with Gasteiger partial charge in [0.15, 0.2) is 17.5 Å². The summed E-state index contributed by atoms with van der Waals surface area (Å²) in [5.41, 5.74) is 0.200. The van der Waals surface area contributed by atoms with Gasteiger partial charge in [-0.3, -0.25) is 14.8 Å². The molecule has 0 fully saturated rings. The highest BCUT2D eigenvalue weighted by Gasteiger charge is 2.33. The van der Waals surface area contributed by atoms with E-state index in [4.69, 9.17) is 0 Å². The van der Waals surface area contributed by atoms with Gasteiger partial charge in [-0.1, -0.05) is 0 Å². The first-order chi connectivity index (χ1) is 13.5. The van der Waals surface area contributed by atoms with Crippen molar-refractivity contribution in [1.29, 1.82) is 0 Å². The summed E-state index contributed by atoms with van der Waals surface area (Å²) in [4.78, 5) is 28.4. The average molecular weight is 412 g/mol. The van der Waals surface area contributed by atoms with Crippen LogP contribution in [0.3, 0.4) is 0 Å². The molecule has 1 amide bonds. The molecule has 0 aliphatic rings. The van der Waals surface area contributed by atoms with Gasteiger partial charge in [-0.2, -0.15) is 13.2 Å². The lowest BCUT2D eigenvalue weighted by atomic mass is 10.0. The van der Waals surface area contributed by atoms with E-state index in [1.165, 1.54) is 20.0 Å². The van der Waals surface area contributed by atoms with Crippen LogP contribution in [0.5, 0.6) is 0 Å². The second kappa shape index (κ2) is 7.57. The third kappa shape index (κ3) is 4.92. The molecule has 156 valence electrons. The maximum absolute atomic E-state index is 14.2. The molecule has 2 aromatic heterocycles. The molecule has 3 aromatic rings. The Labute approximate surface area is 165 Å². The summed E-state index contributed by atoms with van der Waals surface area (Å²) in [5, 5.41) is 4.30. The van der Waals surface area contributed by atoms with Crippen molar-refractivity contribution >= 4 is 22.8 Å². The number of rotatable bonds is 5. The van der Waals surface area contributed by atoms with Gasteiger partial charge in [0.25, 0.3) is 0 Å². The van der Waals surface area contributed by atoms with Crippen LogP contribution in [0.25, 0.3) is 22.4 Å². The Morgan fingerprint density at radius 1 is 1.10 bits per heavy atom. The van der Waals surface area contributed by atoms with Gasteiger partial charge in [-0.15, -0.1) is 0 Å². The summed E-state index contributed by atoms with van der Waals surface area (Å²) in [6.07, 6.45) is -0.579. The average Bonchev–Trinajstić information content (AvgIpc) is 2.66. The molecular weight excluding hydrogens is 392 g/mol. The summed E-state index contributed by atoms with van der Waals surface area (Å²) in [7, 11) is 0. The van der Waals surface area contributed by atoms with Crippen LogP contribution in [0, 0.1) is 5.82 Å². The highest BCUT2D eigenvalue weighted by molar-refractivity contribution is 5.88. The lowest BCUT2D eigenvalue weighted by Gasteiger charge is -2.26. The van der Waals surface area contributed by atoms with Crippen LogP contribution in [0.4, 0.5) is 23.4 Å². The number of hydrogen-bond donors (Lipinski definition) is 2. The molecule has 2 heterocycles. The molecule has 0 spiro atoms. The van der Waals surface area contributed by atoms with Gasteiger partial charge in [-0.25, -0.2) is 14.4 Å². The molecule has 11 heteroatoms. The third-order valence-electron chi connectivity index (χ3n) is 3.92. The fourth-order valence-electron chi connectivity index (χ4n) is 2.45. The highest BCUT2D eigenvalue weighted by Crippen LogP contribution is 2.23. The van der Waals surface area contributed by atoms with E-state index in [1.807, 2.05) is 0 Å². The van der Waals surface area contributed by atoms with Crippen LogP contribution in [0.2, 0.25) is 0 Å². The zero-order valence-corrected chi connectivity index (χ0v) is 15.4. The van der Waals surface area contributed by atoms with Crippen molar-refractivity contribution in [2.24, 2.45) is 0 Å². The van der Waals surface area contributed by atoms with Crippen LogP contribution in [0.1, 0.15) is 16.7 Å². The number of benzene rings is 1. The quantitative estimate of drug-likeness (QED) is 0.623. The van der Waals surface area contributed by atoms with Gasteiger partial charge in [0.1, 0.15) is 12.1 Å². The smallest absolute Gasteiger partial charge is 0.354 e. The first kappa shape index (κ1) is 20.4. The molecule has 1 aromatic carbocycles. The first-order valence-corrected chi connectivity index (χ1v) is 8.42. The van der Waals surface area contributed by atoms with Crippen molar-refractivity contribution in [3.8, 4) is 11.4 Å². The summed E-state index contributed by atoms with van der Waals surface area (Å²) in [6, 6.07) is 5.04. The van der Waals surface area contributed by atoms with E-state index in [1.54, 1.807) is 29.7 Å². The highest BCUT2D eigenvalue weighted by atomic mass is 19.4. The van der Waals surface area contributed by atoms with Gasteiger partial charge in [0.05, 0.1) is 17.2 Å². The molecule has 29 heavy (non-hydrogen) atoms. The van der Waals surface area contributed by atoms with Gasteiger partial charge in [0, 0.05) is 20.8 Å². The molecule has 0 saturated heterocycles.